The van der Waals surface area contributed by atoms with Crippen LogP contribution in [0.25, 0.3) is 16.4 Å². The van der Waals surface area contributed by atoms with Gasteiger partial charge in [-0.15, -0.1) is 16.4 Å². The normalized spacial score (nSPS) is 11.6. The highest BCUT2D eigenvalue weighted by molar-refractivity contribution is 7.14. The molecular formula is C17H12F3N7S. The Kier molecular flexibility index (Phi) is 4.51. The lowest BCUT2D eigenvalue weighted by molar-refractivity contribution is -0.144. The van der Waals surface area contributed by atoms with Crippen molar-refractivity contribution >= 4 is 23.0 Å². The van der Waals surface area contributed by atoms with Crippen LogP contribution in [-0.4, -0.2) is 29.7 Å². The third-order valence-electron chi connectivity index (χ3n) is 3.63. The number of aryl methyl sites for hydroxylation is 1. The van der Waals surface area contributed by atoms with E-state index in [0.29, 0.717) is 23.0 Å². The molecule has 0 amide bonds. The fourth-order valence-corrected chi connectivity index (χ4v) is 3.09. The number of anilines is 2. The molecule has 4 rings (SSSR count). The summed E-state index contributed by atoms with van der Waals surface area (Å²) in [5.74, 6) is -0.796. The van der Waals surface area contributed by atoms with Gasteiger partial charge in [0.2, 0.25) is 5.95 Å². The molecule has 0 fully saturated rings. The van der Waals surface area contributed by atoms with Crippen molar-refractivity contribution in [1.29, 1.82) is 0 Å². The second-order valence-electron chi connectivity index (χ2n) is 5.72. The molecule has 11 heteroatoms. The topological polar surface area (TPSA) is 81.4 Å². The Balaban J connectivity index is 1.51. The molecule has 28 heavy (non-hydrogen) atoms. The zero-order chi connectivity index (χ0) is 19.7. The quantitative estimate of drug-likeness (QED) is 0.549. The Morgan fingerprint density at radius 3 is 2.46 bits per heavy atom. The van der Waals surface area contributed by atoms with Crippen LogP contribution in [-0.2, 0) is 6.18 Å². The predicted octanol–water partition coefficient (Wildman–Crippen LogP) is 4.25. The molecule has 0 unspecified atom stereocenters. The Bertz CT molecular complexity index is 1100. The number of benzene rings is 1. The Hall–Kier alpha value is -3.34. The van der Waals surface area contributed by atoms with Gasteiger partial charge in [0.25, 0.3) is 5.82 Å². The van der Waals surface area contributed by atoms with Gasteiger partial charge in [0.15, 0.2) is 0 Å². The van der Waals surface area contributed by atoms with Crippen LogP contribution < -0.4 is 5.32 Å². The molecule has 0 aliphatic carbocycles. The van der Waals surface area contributed by atoms with E-state index in [-0.39, 0.29) is 0 Å². The number of aromatic nitrogens is 6. The van der Waals surface area contributed by atoms with Crippen LogP contribution in [0.2, 0.25) is 0 Å². The second kappa shape index (κ2) is 7.00. The van der Waals surface area contributed by atoms with E-state index < -0.39 is 12.0 Å². The lowest BCUT2D eigenvalue weighted by Crippen LogP contribution is -2.08. The van der Waals surface area contributed by atoms with Crippen LogP contribution in [0.5, 0.6) is 0 Å². The van der Waals surface area contributed by atoms with Crippen molar-refractivity contribution in [3.8, 4) is 16.4 Å². The molecular weight excluding hydrogens is 391 g/mol. The minimum atomic E-state index is -4.58. The minimum absolute atomic E-state index is 0.387. The van der Waals surface area contributed by atoms with Crippen molar-refractivity contribution in [2.75, 3.05) is 5.32 Å². The standard InChI is InChI=1S/C17H12F3N7S/c1-10-8-22-14(28-10)13-6-7-21-16(25-13)24-11-2-4-12(5-3-11)27-9-23-15(26-27)17(18,19)20/h2-9H,1H3,(H,21,24,25). The molecule has 0 radical (unpaired) electrons. The fraction of sp³-hybridized carbons (Fsp3) is 0.118. The van der Waals surface area contributed by atoms with Crippen molar-refractivity contribution in [2.45, 2.75) is 13.1 Å². The smallest absolute Gasteiger partial charge is 0.324 e. The second-order valence-corrected chi connectivity index (χ2v) is 6.96. The molecule has 0 saturated carbocycles. The van der Waals surface area contributed by atoms with Crippen molar-refractivity contribution in [1.82, 2.24) is 29.7 Å². The molecule has 3 aromatic heterocycles. The van der Waals surface area contributed by atoms with Gasteiger partial charge in [-0.25, -0.2) is 24.6 Å². The first-order valence-corrected chi connectivity index (χ1v) is 8.82. The highest BCUT2D eigenvalue weighted by Crippen LogP contribution is 2.26. The summed E-state index contributed by atoms with van der Waals surface area (Å²) in [5.41, 5.74) is 1.82. The maximum atomic E-state index is 12.6. The number of alkyl halides is 3. The molecule has 0 spiro atoms. The first kappa shape index (κ1) is 18.0. The minimum Gasteiger partial charge on any atom is -0.324 e. The van der Waals surface area contributed by atoms with Gasteiger partial charge in [0.05, 0.1) is 5.69 Å². The molecule has 3 heterocycles. The molecule has 0 saturated heterocycles. The lowest BCUT2D eigenvalue weighted by atomic mass is 10.3. The van der Waals surface area contributed by atoms with E-state index in [1.165, 1.54) is 11.3 Å². The van der Waals surface area contributed by atoms with Gasteiger partial charge < -0.3 is 5.32 Å². The SMILES string of the molecule is Cc1cnc(-c2ccnc(Nc3ccc(-n4cnc(C(F)(F)F)n4)cc3)n2)s1. The van der Waals surface area contributed by atoms with Crippen molar-refractivity contribution in [3.05, 3.63) is 59.8 Å². The summed E-state index contributed by atoms with van der Waals surface area (Å²) in [6.45, 7) is 1.97. The Morgan fingerprint density at radius 1 is 1.04 bits per heavy atom. The van der Waals surface area contributed by atoms with Crippen LogP contribution >= 0.6 is 11.3 Å². The van der Waals surface area contributed by atoms with E-state index in [1.807, 2.05) is 6.92 Å². The van der Waals surface area contributed by atoms with E-state index >= 15 is 0 Å². The number of rotatable bonds is 4. The summed E-state index contributed by atoms with van der Waals surface area (Å²) in [7, 11) is 0. The highest BCUT2D eigenvalue weighted by atomic mass is 32.1. The molecule has 0 aliphatic rings. The lowest BCUT2D eigenvalue weighted by Gasteiger charge is -2.07. The van der Waals surface area contributed by atoms with Crippen LogP contribution in [0, 0.1) is 6.92 Å². The summed E-state index contributed by atoms with van der Waals surface area (Å²) in [5, 5.41) is 7.30. The number of nitrogens with one attached hydrogen (secondary N) is 1. The van der Waals surface area contributed by atoms with E-state index in [0.717, 1.165) is 20.9 Å². The molecule has 0 aliphatic heterocycles. The summed E-state index contributed by atoms with van der Waals surface area (Å²) in [6.07, 6.45) is -0.148. The van der Waals surface area contributed by atoms with Gasteiger partial charge in [-0.3, -0.25) is 0 Å². The van der Waals surface area contributed by atoms with Crippen LogP contribution in [0.15, 0.2) is 49.1 Å². The number of thiazole rings is 1. The van der Waals surface area contributed by atoms with Crippen molar-refractivity contribution < 1.29 is 13.2 Å². The van der Waals surface area contributed by atoms with Gasteiger partial charge in [0.1, 0.15) is 17.0 Å². The zero-order valence-electron chi connectivity index (χ0n) is 14.3. The first-order chi connectivity index (χ1) is 13.4. The number of hydrogen-bond donors (Lipinski definition) is 1. The van der Waals surface area contributed by atoms with Gasteiger partial charge >= 0.3 is 6.18 Å². The summed E-state index contributed by atoms with van der Waals surface area (Å²) < 4.78 is 38.9. The van der Waals surface area contributed by atoms with E-state index in [2.05, 4.69) is 30.4 Å². The molecule has 142 valence electrons. The number of nitrogens with zero attached hydrogens (tertiary/aromatic N) is 6. The number of hydrogen-bond acceptors (Lipinski definition) is 7. The van der Waals surface area contributed by atoms with Crippen LogP contribution in [0.4, 0.5) is 24.8 Å². The van der Waals surface area contributed by atoms with Crippen LogP contribution in [0.3, 0.4) is 0 Å². The Labute approximate surface area is 161 Å². The van der Waals surface area contributed by atoms with Gasteiger partial charge in [-0.1, -0.05) is 0 Å². The zero-order valence-corrected chi connectivity index (χ0v) is 15.2. The molecule has 7 nitrogen and oxygen atoms in total. The molecule has 1 aromatic carbocycles. The van der Waals surface area contributed by atoms with E-state index in [4.69, 9.17) is 0 Å². The Morgan fingerprint density at radius 2 is 1.82 bits per heavy atom. The average Bonchev–Trinajstić information content (AvgIpc) is 3.32. The summed E-state index contributed by atoms with van der Waals surface area (Å²) in [4.78, 5) is 17.3. The number of halogens is 3. The highest BCUT2D eigenvalue weighted by Gasteiger charge is 2.35. The average molecular weight is 403 g/mol. The first-order valence-electron chi connectivity index (χ1n) is 8.01. The monoisotopic (exact) mass is 403 g/mol. The van der Waals surface area contributed by atoms with Gasteiger partial charge in [-0.05, 0) is 37.3 Å². The maximum Gasteiger partial charge on any atom is 0.453 e. The third-order valence-corrected chi connectivity index (χ3v) is 4.56. The van der Waals surface area contributed by atoms with Crippen LogP contribution in [0.1, 0.15) is 10.7 Å². The van der Waals surface area contributed by atoms with E-state index in [1.54, 1.807) is 42.7 Å². The summed E-state index contributed by atoms with van der Waals surface area (Å²) in [6, 6.07) is 8.38. The molecule has 0 atom stereocenters. The largest absolute Gasteiger partial charge is 0.453 e. The fourth-order valence-electron chi connectivity index (χ4n) is 2.36. The van der Waals surface area contributed by atoms with Crippen molar-refractivity contribution in [2.24, 2.45) is 0 Å². The van der Waals surface area contributed by atoms with Crippen molar-refractivity contribution in [3.63, 3.8) is 0 Å². The molecule has 4 aromatic rings. The van der Waals surface area contributed by atoms with E-state index in [9.17, 15) is 13.2 Å². The van der Waals surface area contributed by atoms with Gasteiger partial charge in [-0.2, -0.15) is 13.2 Å². The third kappa shape index (κ3) is 3.83. The maximum absolute atomic E-state index is 12.6. The molecule has 0 bridgehead atoms. The molecule has 1 N–H and O–H groups in total. The van der Waals surface area contributed by atoms with Gasteiger partial charge in [0, 0.05) is 23.0 Å². The summed E-state index contributed by atoms with van der Waals surface area (Å²) >= 11 is 1.53. The predicted molar refractivity (Wildman–Crippen MR) is 97.5 cm³/mol.